The predicted octanol–water partition coefficient (Wildman–Crippen LogP) is 3.05. The van der Waals surface area contributed by atoms with Gasteiger partial charge in [0, 0.05) is 0 Å². The van der Waals surface area contributed by atoms with Crippen molar-refractivity contribution in [2.45, 2.75) is 53.5 Å². The first-order valence-electron chi connectivity index (χ1n) is 5.35. The van der Waals surface area contributed by atoms with Crippen LogP contribution in [0.4, 0.5) is 0 Å². The van der Waals surface area contributed by atoms with Crippen LogP contribution in [-0.4, -0.2) is 29.7 Å². The normalized spacial score (nSPS) is 13.5. The number of quaternary nitrogens is 1. The molecule has 0 N–H and O–H groups in total. The van der Waals surface area contributed by atoms with Crippen LogP contribution in [0.15, 0.2) is 0 Å². The van der Waals surface area contributed by atoms with Crippen LogP contribution < -0.4 is 0 Å². The Kier molecular flexibility index (Phi) is 4.25. The molecule has 0 saturated heterocycles. The predicted molar refractivity (Wildman–Crippen MR) is 56.3 cm³/mol. The van der Waals surface area contributed by atoms with Gasteiger partial charge in [-0.15, -0.1) is 0 Å². The molecule has 1 nitrogen and oxygen atoms in total. The van der Waals surface area contributed by atoms with Gasteiger partial charge in [0.2, 0.25) is 0 Å². The van der Waals surface area contributed by atoms with Crippen LogP contribution in [-0.2, 0) is 0 Å². The lowest BCUT2D eigenvalue weighted by atomic mass is 9.95. The molecule has 1 heteroatoms. The van der Waals surface area contributed by atoms with Crippen LogP contribution in [0.5, 0.6) is 0 Å². The van der Waals surface area contributed by atoms with Gasteiger partial charge in [-0.05, 0) is 41.0 Å². The first-order valence-corrected chi connectivity index (χ1v) is 5.35. The maximum atomic E-state index is 2.39. The first kappa shape index (κ1) is 12.0. The third-order valence-electron chi connectivity index (χ3n) is 3.97. The summed E-state index contributed by atoms with van der Waals surface area (Å²) in [5.74, 6) is 0. The molecule has 0 aromatic heterocycles. The molecule has 0 spiro atoms. The summed E-state index contributed by atoms with van der Waals surface area (Å²) in [4.78, 5) is 0. The summed E-state index contributed by atoms with van der Waals surface area (Å²) < 4.78 is 1.25. The van der Waals surface area contributed by atoms with Crippen LogP contribution >= 0.6 is 0 Å². The third-order valence-corrected chi connectivity index (χ3v) is 3.97. The number of hydrogen-bond acceptors (Lipinski definition) is 0. The van der Waals surface area contributed by atoms with Gasteiger partial charge in [-0.1, -0.05) is 6.92 Å². The van der Waals surface area contributed by atoms with E-state index in [0.717, 1.165) is 0 Å². The van der Waals surface area contributed by atoms with E-state index in [9.17, 15) is 0 Å². The second-order valence-corrected chi connectivity index (χ2v) is 4.26. The van der Waals surface area contributed by atoms with E-state index in [1.165, 1.54) is 30.5 Å². The van der Waals surface area contributed by atoms with Crippen LogP contribution in [0.1, 0.15) is 48.0 Å². The van der Waals surface area contributed by atoms with Crippen molar-refractivity contribution < 1.29 is 4.48 Å². The molecule has 0 aliphatic heterocycles. The van der Waals surface area contributed by atoms with E-state index in [0.29, 0.717) is 5.54 Å². The molecule has 12 heavy (non-hydrogen) atoms. The van der Waals surface area contributed by atoms with Crippen LogP contribution in [0.2, 0.25) is 0 Å². The average Bonchev–Trinajstić information content (AvgIpc) is 2.08. The van der Waals surface area contributed by atoms with Crippen molar-refractivity contribution in [3.63, 3.8) is 0 Å². The van der Waals surface area contributed by atoms with Crippen LogP contribution in [0, 0.1) is 0 Å². The van der Waals surface area contributed by atoms with Crippen molar-refractivity contribution in [2.75, 3.05) is 19.6 Å². The first-order chi connectivity index (χ1) is 5.49. The lowest BCUT2D eigenvalue weighted by Crippen LogP contribution is -2.61. The Bertz CT molecular complexity index is 115. The fraction of sp³-hybridized carbons (Fsp3) is 1.00. The van der Waals surface area contributed by atoms with Crippen LogP contribution in [0.25, 0.3) is 0 Å². The Labute approximate surface area is 78.4 Å². The number of hydrogen-bond donors (Lipinski definition) is 0. The van der Waals surface area contributed by atoms with E-state index in [4.69, 9.17) is 0 Å². The lowest BCUT2D eigenvalue weighted by Gasteiger charge is -2.48. The fourth-order valence-corrected chi connectivity index (χ4v) is 2.29. The molecular formula is C11H26N+. The van der Waals surface area contributed by atoms with Crippen molar-refractivity contribution in [2.24, 2.45) is 0 Å². The zero-order valence-corrected chi connectivity index (χ0v) is 9.78. The van der Waals surface area contributed by atoms with Gasteiger partial charge in [-0.3, -0.25) is 0 Å². The Hall–Kier alpha value is -0.0400. The third kappa shape index (κ3) is 1.82. The van der Waals surface area contributed by atoms with Gasteiger partial charge in [0.05, 0.1) is 25.2 Å². The molecule has 0 saturated carbocycles. The number of nitrogens with zero attached hydrogens (tertiary/aromatic N) is 1. The molecule has 0 aliphatic rings. The molecule has 0 amide bonds. The highest BCUT2D eigenvalue weighted by molar-refractivity contribution is 4.67. The molecular weight excluding hydrogens is 146 g/mol. The van der Waals surface area contributed by atoms with E-state index in [-0.39, 0.29) is 0 Å². The summed E-state index contributed by atoms with van der Waals surface area (Å²) in [5.41, 5.74) is 0.443. The molecule has 0 fully saturated rings. The molecule has 0 aromatic rings. The Morgan fingerprint density at radius 2 is 1.17 bits per heavy atom. The minimum atomic E-state index is 0.443. The van der Waals surface area contributed by atoms with Gasteiger partial charge in [0.1, 0.15) is 0 Å². The molecule has 0 aromatic carbocycles. The fourth-order valence-electron chi connectivity index (χ4n) is 2.29. The topological polar surface area (TPSA) is 0 Å². The molecule has 0 heterocycles. The molecule has 0 rings (SSSR count). The van der Waals surface area contributed by atoms with Gasteiger partial charge in [0.25, 0.3) is 0 Å². The van der Waals surface area contributed by atoms with Crippen LogP contribution in [0.3, 0.4) is 0 Å². The van der Waals surface area contributed by atoms with E-state index in [1.54, 1.807) is 0 Å². The Morgan fingerprint density at radius 1 is 0.833 bits per heavy atom. The summed E-state index contributed by atoms with van der Waals surface area (Å²) in [6.07, 6.45) is 1.27. The van der Waals surface area contributed by atoms with E-state index >= 15 is 0 Å². The zero-order chi connectivity index (χ0) is 9.83. The van der Waals surface area contributed by atoms with Crippen molar-refractivity contribution in [1.82, 2.24) is 0 Å². The monoisotopic (exact) mass is 172 g/mol. The quantitative estimate of drug-likeness (QED) is 0.559. The van der Waals surface area contributed by atoms with Crippen molar-refractivity contribution in [1.29, 1.82) is 0 Å². The second-order valence-electron chi connectivity index (χ2n) is 4.26. The minimum absolute atomic E-state index is 0.443. The highest BCUT2D eigenvalue weighted by Crippen LogP contribution is 2.27. The van der Waals surface area contributed by atoms with E-state index in [2.05, 4.69) is 41.5 Å². The maximum absolute atomic E-state index is 2.39. The molecule has 0 bridgehead atoms. The second kappa shape index (κ2) is 4.27. The maximum Gasteiger partial charge on any atom is 0.0932 e. The largest absolute Gasteiger partial charge is 0.320 e. The summed E-state index contributed by atoms with van der Waals surface area (Å²) >= 11 is 0. The van der Waals surface area contributed by atoms with Gasteiger partial charge >= 0.3 is 0 Å². The summed E-state index contributed by atoms with van der Waals surface area (Å²) in [6, 6.07) is 0. The lowest BCUT2D eigenvalue weighted by molar-refractivity contribution is -0.968. The van der Waals surface area contributed by atoms with Gasteiger partial charge < -0.3 is 4.48 Å². The molecule has 0 aliphatic carbocycles. The Balaban J connectivity index is 4.69. The SMILES string of the molecule is CCC(C)(C)[N+](CC)(CC)CC. The van der Waals surface area contributed by atoms with E-state index in [1.807, 2.05) is 0 Å². The summed E-state index contributed by atoms with van der Waals surface area (Å²) in [7, 11) is 0. The highest BCUT2D eigenvalue weighted by Gasteiger charge is 2.37. The number of rotatable bonds is 5. The highest BCUT2D eigenvalue weighted by atomic mass is 15.4. The van der Waals surface area contributed by atoms with Gasteiger partial charge in [-0.2, -0.15) is 0 Å². The molecule has 0 radical (unpaired) electrons. The van der Waals surface area contributed by atoms with Crippen molar-refractivity contribution in [3.05, 3.63) is 0 Å². The molecule has 0 unspecified atom stereocenters. The summed E-state index contributed by atoms with van der Waals surface area (Å²) in [5, 5.41) is 0. The van der Waals surface area contributed by atoms with Crippen molar-refractivity contribution >= 4 is 0 Å². The zero-order valence-electron chi connectivity index (χ0n) is 9.78. The summed E-state index contributed by atoms with van der Waals surface area (Å²) in [6.45, 7) is 17.8. The van der Waals surface area contributed by atoms with Crippen molar-refractivity contribution in [3.8, 4) is 0 Å². The Morgan fingerprint density at radius 3 is 1.25 bits per heavy atom. The van der Waals surface area contributed by atoms with Gasteiger partial charge in [0.15, 0.2) is 0 Å². The van der Waals surface area contributed by atoms with Gasteiger partial charge in [-0.25, -0.2) is 0 Å². The molecule has 74 valence electrons. The minimum Gasteiger partial charge on any atom is -0.320 e. The standard InChI is InChI=1S/C11H26N/c1-7-11(5,6)12(8-2,9-3)10-4/h7-10H2,1-6H3/q+1. The average molecular weight is 172 g/mol. The molecule has 0 atom stereocenters. The smallest absolute Gasteiger partial charge is 0.0932 e. The van der Waals surface area contributed by atoms with E-state index < -0.39 is 0 Å².